The number of aliphatic hydroxyl groups is 1. The van der Waals surface area contributed by atoms with Crippen molar-refractivity contribution < 1.29 is 36.6 Å². The quantitative estimate of drug-likeness (QED) is 0.267. The van der Waals surface area contributed by atoms with Crippen molar-refractivity contribution in [3.8, 4) is 5.75 Å². The fourth-order valence-corrected chi connectivity index (χ4v) is 4.31. The van der Waals surface area contributed by atoms with Crippen molar-refractivity contribution in [1.29, 1.82) is 0 Å². The molecule has 1 heterocycles. The average molecular weight is 533 g/mol. The molecule has 0 aliphatic heterocycles. The summed E-state index contributed by atoms with van der Waals surface area (Å²) in [6, 6.07) is 13.1. The van der Waals surface area contributed by atoms with Gasteiger partial charge in [-0.15, -0.1) is 0 Å². The third-order valence-corrected chi connectivity index (χ3v) is 6.14. The number of carbonyl (C=O) groups is 1. The number of alkyl halides is 4. The average Bonchev–Trinajstić information content (AvgIpc) is 3.13. The minimum absolute atomic E-state index is 0.0567. The van der Waals surface area contributed by atoms with Gasteiger partial charge in [0.15, 0.2) is 0 Å². The first kappa shape index (κ1) is 27.3. The first-order chi connectivity index (χ1) is 18.1. The van der Waals surface area contributed by atoms with Crippen molar-refractivity contribution in [3.63, 3.8) is 0 Å². The Hall–Kier alpha value is -3.79. The Morgan fingerprint density at radius 1 is 1.11 bits per heavy atom. The van der Waals surface area contributed by atoms with Crippen molar-refractivity contribution in [2.75, 3.05) is 0 Å². The highest BCUT2D eigenvalue weighted by Gasteiger charge is 2.44. The molecular weight excluding hydrogens is 507 g/mol. The largest absolute Gasteiger partial charge is 0.461 e. The molecule has 2 aromatic carbocycles. The molecule has 200 valence electrons. The second-order valence-electron chi connectivity index (χ2n) is 8.90. The van der Waals surface area contributed by atoms with E-state index < -0.39 is 42.3 Å². The number of aromatic nitrogens is 1. The smallest absolute Gasteiger partial charge is 0.428 e. The highest BCUT2D eigenvalue weighted by molar-refractivity contribution is 5.98. The van der Waals surface area contributed by atoms with Gasteiger partial charge in [-0.3, -0.25) is 4.79 Å². The van der Waals surface area contributed by atoms with Crippen molar-refractivity contribution in [3.05, 3.63) is 101 Å². The molecule has 0 radical (unpaired) electrons. The number of nitrogens with one attached hydrogen (secondary N) is 1. The Morgan fingerprint density at radius 2 is 1.87 bits per heavy atom. The van der Waals surface area contributed by atoms with Gasteiger partial charge in [0.2, 0.25) is 5.95 Å². The van der Waals surface area contributed by atoms with Crippen molar-refractivity contribution in [2.45, 2.75) is 50.4 Å². The normalized spacial score (nSPS) is 14.9. The zero-order chi connectivity index (χ0) is 27.3. The Labute approximate surface area is 216 Å². The number of fused-ring (bicyclic) bond motifs is 1. The molecule has 1 aliphatic carbocycles. The molecule has 0 fully saturated rings. The van der Waals surface area contributed by atoms with Crippen LogP contribution in [-0.2, 0) is 12.8 Å². The number of benzene rings is 2. The SMILES string of the molecule is O=C(NC(Cc1cccc(OC(F)(F)C(F)F)c1)C(O)c1cccc(F)n1)c1cccc2c1C=CCCC2. The van der Waals surface area contributed by atoms with Gasteiger partial charge in [-0.25, -0.2) is 4.98 Å². The van der Waals surface area contributed by atoms with E-state index in [4.69, 9.17) is 0 Å². The van der Waals surface area contributed by atoms with Crippen LogP contribution >= 0.6 is 0 Å². The van der Waals surface area contributed by atoms with Gasteiger partial charge < -0.3 is 15.2 Å². The van der Waals surface area contributed by atoms with Gasteiger partial charge in [-0.05, 0) is 72.7 Å². The fraction of sp³-hybridized carbons (Fsp3) is 0.286. The lowest BCUT2D eigenvalue weighted by atomic mass is 9.96. The van der Waals surface area contributed by atoms with Crippen molar-refractivity contribution >= 4 is 12.0 Å². The Morgan fingerprint density at radius 3 is 2.63 bits per heavy atom. The summed E-state index contributed by atoms with van der Waals surface area (Å²) in [5, 5.41) is 13.8. The van der Waals surface area contributed by atoms with Crippen LogP contribution in [-0.4, -0.2) is 34.6 Å². The van der Waals surface area contributed by atoms with E-state index in [9.17, 15) is 31.9 Å². The minimum Gasteiger partial charge on any atom is -0.428 e. The number of nitrogens with zero attached hydrogens (tertiary/aromatic N) is 1. The minimum atomic E-state index is -4.70. The number of aliphatic hydroxyl groups excluding tert-OH is 1. The molecule has 10 heteroatoms. The predicted molar refractivity (Wildman–Crippen MR) is 131 cm³/mol. The molecule has 0 spiro atoms. The summed E-state index contributed by atoms with van der Waals surface area (Å²) < 4.78 is 70.0. The molecule has 1 aliphatic rings. The van der Waals surface area contributed by atoms with Gasteiger partial charge in [0.1, 0.15) is 11.9 Å². The molecule has 0 saturated carbocycles. The summed E-state index contributed by atoms with van der Waals surface area (Å²) in [4.78, 5) is 17.1. The second-order valence-corrected chi connectivity index (χ2v) is 8.90. The highest BCUT2D eigenvalue weighted by Crippen LogP contribution is 2.29. The van der Waals surface area contributed by atoms with Crippen LogP contribution in [0.15, 0.2) is 66.7 Å². The van der Waals surface area contributed by atoms with Crippen LogP contribution in [0, 0.1) is 5.95 Å². The highest BCUT2D eigenvalue weighted by atomic mass is 19.3. The van der Waals surface area contributed by atoms with Crippen LogP contribution in [0.4, 0.5) is 22.0 Å². The van der Waals surface area contributed by atoms with Gasteiger partial charge in [0.25, 0.3) is 5.91 Å². The Balaban J connectivity index is 1.64. The first-order valence-electron chi connectivity index (χ1n) is 12.0. The van der Waals surface area contributed by atoms with Crippen LogP contribution in [0.3, 0.4) is 0 Å². The second kappa shape index (κ2) is 11.7. The summed E-state index contributed by atoms with van der Waals surface area (Å²) in [7, 11) is 0. The van der Waals surface area contributed by atoms with E-state index in [0.29, 0.717) is 11.1 Å². The lowest BCUT2D eigenvalue weighted by Crippen LogP contribution is -2.41. The molecule has 2 unspecified atom stereocenters. The van der Waals surface area contributed by atoms with Crippen LogP contribution in [0.5, 0.6) is 5.75 Å². The number of hydrogen-bond acceptors (Lipinski definition) is 4. The molecule has 2 atom stereocenters. The molecule has 0 bridgehead atoms. The summed E-state index contributed by atoms with van der Waals surface area (Å²) in [6.07, 6.45) is -3.90. The number of aryl methyl sites for hydroxylation is 1. The molecule has 1 amide bonds. The van der Waals surface area contributed by atoms with E-state index in [1.807, 2.05) is 18.2 Å². The molecule has 1 aromatic heterocycles. The summed E-state index contributed by atoms with van der Waals surface area (Å²) in [5.41, 5.74) is 2.36. The van der Waals surface area contributed by atoms with Crippen LogP contribution in [0.25, 0.3) is 6.08 Å². The standard InChI is InChI=1S/C28H25F5N2O3/c29-24-14-6-13-22(34-24)25(36)23(16-17-7-4-10-19(15-17)38-28(32,33)27(30)31)35-26(37)21-12-5-9-18-8-2-1-3-11-20(18)21/h3-7,9-15,23,25,27,36H,1-2,8,16H2,(H,35,37). The van der Waals surface area contributed by atoms with E-state index in [1.54, 1.807) is 12.1 Å². The fourth-order valence-electron chi connectivity index (χ4n) is 4.31. The Bertz CT molecular complexity index is 1320. The maximum Gasteiger partial charge on any atom is 0.461 e. The summed E-state index contributed by atoms with van der Waals surface area (Å²) >= 11 is 0. The lowest BCUT2D eigenvalue weighted by Gasteiger charge is -2.25. The van der Waals surface area contributed by atoms with E-state index in [1.165, 1.54) is 24.3 Å². The van der Waals surface area contributed by atoms with Gasteiger partial charge in [-0.1, -0.05) is 42.5 Å². The third-order valence-electron chi connectivity index (χ3n) is 6.14. The zero-order valence-corrected chi connectivity index (χ0v) is 20.1. The van der Waals surface area contributed by atoms with E-state index >= 15 is 0 Å². The first-order valence-corrected chi connectivity index (χ1v) is 12.0. The number of hydrogen-bond donors (Lipinski definition) is 2. The van der Waals surface area contributed by atoms with E-state index in [0.717, 1.165) is 48.6 Å². The molecular formula is C28H25F5N2O3. The molecule has 5 nitrogen and oxygen atoms in total. The molecule has 2 N–H and O–H groups in total. The molecule has 0 saturated heterocycles. The summed E-state index contributed by atoms with van der Waals surface area (Å²) in [5.74, 6) is -1.87. The number of carbonyl (C=O) groups excluding carboxylic acids is 1. The van der Waals surface area contributed by atoms with Crippen LogP contribution in [0.1, 0.15) is 51.7 Å². The number of allylic oxidation sites excluding steroid dienone is 1. The number of pyridine rings is 1. The van der Waals surface area contributed by atoms with Crippen molar-refractivity contribution in [1.82, 2.24) is 10.3 Å². The number of amides is 1. The topological polar surface area (TPSA) is 71.5 Å². The van der Waals surface area contributed by atoms with E-state index in [2.05, 4.69) is 15.0 Å². The maximum absolute atomic E-state index is 13.8. The molecule has 4 rings (SSSR count). The van der Waals surface area contributed by atoms with Gasteiger partial charge in [0, 0.05) is 5.56 Å². The van der Waals surface area contributed by atoms with Gasteiger partial charge in [-0.2, -0.15) is 22.0 Å². The van der Waals surface area contributed by atoms with Crippen molar-refractivity contribution in [2.24, 2.45) is 0 Å². The Kier molecular flexibility index (Phi) is 8.41. The van der Waals surface area contributed by atoms with Crippen LogP contribution < -0.4 is 10.1 Å². The van der Waals surface area contributed by atoms with Crippen LogP contribution in [0.2, 0.25) is 0 Å². The van der Waals surface area contributed by atoms with Gasteiger partial charge in [0.05, 0.1) is 11.7 Å². The van der Waals surface area contributed by atoms with E-state index in [-0.39, 0.29) is 12.1 Å². The predicted octanol–water partition coefficient (Wildman–Crippen LogP) is 5.88. The lowest BCUT2D eigenvalue weighted by molar-refractivity contribution is -0.253. The monoisotopic (exact) mass is 532 g/mol. The number of ether oxygens (including phenoxy) is 1. The van der Waals surface area contributed by atoms with Gasteiger partial charge >= 0.3 is 12.5 Å². The third kappa shape index (κ3) is 6.55. The summed E-state index contributed by atoms with van der Waals surface area (Å²) in [6.45, 7) is 0. The number of rotatable bonds is 9. The maximum atomic E-state index is 13.8. The molecule has 3 aromatic rings. The number of halogens is 5. The zero-order valence-electron chi connectivity index (χ0n) is 20.1. The molecule has 38 heavy (non-hydrogen) atoms.